The lowest BCUT2D eigenvalue weighted by Crippen LogP contribution is -2.07. The monoisotopic (exact) mass is 409 g/mol. The van der Waals surface area contributed by atoms with Crippen molar-refractivity contribution in [2.24, 2.45) is 5.16 Å². The zero-order valence-electron chi connectivity index (χ0n) is 16.0. The first kappa shape index (κ1) is 20.3. The minimum Gasteiger partial charge on any atom is -0.399 e. The molecule has 0 aliphatic carbocycles. The lowest BCUT2D eigenvalue weighted by Gasteiger charge is -2.14. The van der Waals surface area contributed by atoms with E-state index in [9.17, 15) is 4.79 Å². The Morgan fingerprint density at radius 3 is 2.76 bits per heavy atom. The molecule has 3 rings (SSSR count). The summed E-state index contributed by atoms with van der Waals surface area (Å²) >= 11 is 6.46. The number of oxime groups is 1. The summed E-state index contributed by atoms with van der Waals surface area (Å²) < 4.78 is 0. The maximum Gasteiger partial charge on any atom is 0.167 e. The molecular formula is C21H20ClN5O2. The number of rotatable bonds is 7. The van der Waals surface area contributed by atoms with Gasteiger partial charge in [0.2, 0.25) is 0 Å². The third-order valence-electron chi connectivity index (χ3n) is 4.30. The largest absolute Gasteiger partial charge is 0.399 e. The van der Waals surface area contributed by atoms with E-state index in [0.717, 1.165) is 16.8 Å². The molecule has 29 heavy (non-hydrogen) atoms. The van der Waals surface area contributed by atoms with Crippen LogP contribution in [0.25, 0.3) is 0 Å². The molecule has 0 unspecified atom stereocenters. The number of hydrogen-bond donors (Lipinski definition) is 2. The van der Waals surface area contributed by atoms with Crippen molar-refractivity contribution < 1.29 is 9.63 Å². The van der Waals surface area contributed by atoms with Crippen molar-refractivity contribution in [2.75, 3.05) is 18.2 Å². The molecular weight excluding hydrogens is 390 g/mol. The van der Waals surface area contributed by atoms with Crippen molar-refractivity contribution >= 4 is 40.9 Å². The number of nitrogen functional groups attached to an aromatic ring is 1. The molecule has 0 aliphatic rings. The molecule has 0 bridgehead atoms. The van der Waals surface area contributed by atoms with Gasteiger partial charge in [0, 0.05) is 22.7 Å². The fraction of sp³-hybridized carbons (Fsp3) is 0.143. The lowest BCUT2D eigenvalue weighted by molar-refractivity contribution is 0.0993. The first-order valence-electron chi connectivity index (χ1n) is 8.81. The van der Waals surface area contributed by atoms with Gasteiger partial charge in [-0.25, -0.2) is 9.97 Å². The number of aromatic nitrogens is 2. The van der Waals surface area contributed by atoms with Crippen LogP contribution < -0.4 is 11.1 Å². The van der Waals surface area contributed by atoms with Gasteiger partial charge in [-0.3, -0.25) is 4.79 Å². The molecule has 0 amide bonds. The van der Waals surface area contributed by atoms with Gasteiger partial charge in [0.1, 0.15) is 25.1 Å². The van der Waals surface area contributed by atoms with Gasteiger partial charge in [0.15, 0.2) is 5.78 Å². The van der Waals surface area contributed by atoms with Crippen LogP contribution in [-0.4, -0.2) is 29.1 Å². The molecule has 7 nitrogen and oxygen atoms in total. The van der Waals surface area contributed by atoms with Crippen LogP contribution in [0.15, 0.2) is 53.9 Å². The summed E-state index contributed by atoms with van der Waals surface area (Å²) in [6.07, 6.45) is 3.00. The molecule has 2 aromatic carbocycles. The summed E-state index contributed by atoms with van der Waals surface area (Å²) in [5.74, 6) is 0.733. The Hall–Kier alpha value is -3.45. The molecule has 1 aromatic heterocycles. The van der Waals surface area contributed by atoms with E-state index in [2.05, 4.69) is 20.4 Å². The number of halogens is 1. The zero-order chi connectivity index (χ0) is 20.8. The highest BCUT2D eigenvalue weighted by atomic mass is 35.5. The zero-order valence-corrected chi connectivity index (χ0v) is 16.8. The van der Waals surface area contributed by atoms with Crippen LogP contribution in [-0.2, 0) is 11.3 Å². The second-order valence-corrected chi connectivity index (χ2v) is 6.69. The number of nitrogens with two attached hydrogens (primary N) is 1. The van der Waals surface area contributed by atoms with E-state index in [-0.39, 0.29) is 18.0 Å². The molecule has 0 fully saturated rings. The number of carbonyl (C=O) groups excluding carboxylic acids is 1. The minimum absolute atomic E-state index is 0.00856. The highest BCUT2D eigenvalue weighted by Crippen LogP contribution is 2.29. The van der Waals surface area contributed by atoms with Gasteiger partial charge in [-0.05, 0) is 24.1 Å². The first-order valence-corrected chi connectivity index (χ1v) is 9.18. The van der Waals surface area contributed by atoms with Crippen LogP contribution in [0.1, 0.15) is 27.0 Å². The molecule has 3 aromatic rings. The third kappa shape index (κ3) is 4.89. The van der Waals surface area contributed by atoms with Gasteiger partial charge in [0.25, 0.3) is 0 Å². The van der Waals surface area contributed by atoms with Gasteiger partial charge in [0.05, 0.1) is 11.8 Å². The highest BCUT2D eigenvalue weighted by molar-refractivity contribution is 6.32. The van der Waals surface area contributed by atoms with E-state index in [1.54, 1.807) is 18.2 Å². The molecule has 8 heteroatoms. The Morgan fingerprint density at radius 2 is 2.03 bits per heavy atom. The molecule has 0 aliphatic heterocycles. The summed E-state index contributed by atoms with van der Waals surface area (Å²) in [5.41, 5.74) is 9.45. The van der Waals surface area contributed by atoms with Gasteiger partial charge in [-0.1, -0.05) is 53.2 Å². The number of benzene rings is 2. The second kappa shape index (κ2) is 9.16. The molecule has 0 radical (unpaired) electrons. The summed E-state index contributed by atoms with van der Waals surface area (Å²) in [6, 6.07) is 12.8. The van der Waals surface area contributed by atoms with Crippen molar-refractivity contribution in [3.63, 3.8) is 0 Å². The van der Waals surface area contributed by atoms with Crippen molar-refractivity contribution in [1.29, 1.82) is 0 Å². The molecule has 0 saturated carbocycles. The van der Waals surface area contributed by atoms with Crippen molar-refractivity contribution in [2.45, 2.75) is 13.3 Å². The summed E-state index contributed by atoms with van der Waals surface area (Å²) in [4.78, 5) is 25.4. The van der Waals surface area contributed by atoms with E-state index < -0.39 is 0 Å². The van der Waals surface area contributed by atoms with Crippen molar-refractivity contribution in [3.05, 3.63) is 76.1 Å². The second-order valence-electron chi connectivity index (χ2n) is 6.29. The average molecular weight is 410 g/mol. The quantitative estimate of drug-likeness (QED) is 0.345. The SMILES string of the molecule is CON=Cc1c(N)ncnc1Nc1cc(Cl)c(CC(=O)c2ccccc2)cc1C. The van der Waals surface area contributed by atoms with Crippen molar-refractivity contribution in [3.8, 4) is 0 Å². The van der Waals surface area contributed by atoms with Gasteiger partial charge in [-0.2, -0.15) is 0 Å². The Kier molecular flexibility index (Phi) is 6.41. The Labute approximate surface area is 173 Å². The van der Waals surface area contributed by atoms with E-state index in [4.69, 9.17) is 22.2 Å². The van der Waals surface area contributed by atoms with Crippen LogP contribution in [0.5, 0.6) is 0 Å². The summed E-state index contributed by atoms with van der Waals surface area (Å²) in [5, 5.41) is 7.41. The fourth-order valence-electron chi connectivity index (χ4n) is 2.78. The predicted octanol–water partition coefficient (Wildman–Crippen LogP) is 4.17. The number of aryl methyl sites for hydroxylation is 1. The first-order chi connectivity index (χ1) is 14.0. The van der Waals surface area contributed by atoms with E-state index in [0.29, 0.717) is 22.0 Å². The van der Waals surface area contributed by atoms with Gasteiger partial charge < -0.3 is 15.9 Å². The summed E-state index contributed by atoms with van der Waals surface area (Å²) in [7, 11) is 1.43. The number of ketones is 1. The smallest absolute Gasteiger partial charge is 0.167 e. The highest BCUT2D eigenvalue weighted by Gasteiger charge is 2.14. The molecule has 3 N–H and O–H groups in total. The number of carbonyl (C=O) groups is 1. The normalized spacial score (nSPS) is 10.9. The fourth-order valence-corrected chi connectivity index (χ4v) is 3.01. The van der Waals surface area contributed by atoms with E-state index >= 15 is 0 Å². The molecule has 0 spiro atoms. The number of nitrogens with one attached hydrogen (secondary N) is 1. The molecule has 0 atom stereocenters. The summed E-state index contributed by atoms with van der Waals surface area (Å²) in [6.45, 7) is 1.92. The third-order valence-corrected chi connectivity index (χ3v) is 4.65. The molecule has 0 saturated heterocycles. The lowest BCUT2D eigenvalue weighted by atomic mass is 10.0. The van der Waals surface area contributed by atoms with E-state index in [1.165, 1.54) is 19.7 Å². The van der Waals surface area contributed by atoms with Gasteiger partial charge >= 0.3 is 0 Å². The Morgan fingerprint density at radius 1 is 1.28 bits per heavy atom. The maximum absolute atomic E-state index is 12.5. The Balaban J connectivity index is 1.86. The predicted molar refractivity (Wildman–Crippen MR) is 115 cm³/mol. The number of anilines is 3. The molecule has 148 valence electrons. The van der Waals surface area contributed by atoms with Gasteiger partial charge in [-0.15, -0.1) is 0 Å². The molecule has 1 heterocycles. The maximum atomic E-state index is 12.5. The average Bonchev–Trinajstić information content (AvgIpc) is 2.72. The standard InChI is InChI=1S/C21H20ClN5O2/c1-13-8-15(9-19(28)14-6-4-3-5-7-14)17(22)10-18(13)27-21-16(11-26-29-2)20(23)24-12-25-21/h3-8,10-12H,9H2,1-2H3,(H3,23,24,25,27). The van der Waals surface area contributed by atoms with Crippen molar-refractivity contribution in [1.82, 2.24) is 9.97 Å². The number of hydrogen-bond acceptors (Lipinski definition) is 7. The number of nitrogens with zero attached hydrogens (tertiary/aromatic N) is 3. The minimum atomic E-state index is 0.00856. The Bertz CT molecular complexity index is 1050. The van der Waals surface area contributed by atoms with Crippen LogP contribution in [0.2, 0.25) is 5.02 Å². The number of Topliss-reactive ketones (excluding diaryl/α,β-unsaturated/α-hetero) is 1. The van der Waals surface area contributed by atoms with Crippen LogP contribution in [0.3, 0.4) is 0 Å². The van der Waals surface area contributed by atoms with Crippen LogP contribution in [0.4, 0.5) is 17.3 Å². The van der Waals surface area contributed by atoms with Crippen LogP contribution >= 0.6 is 11.6 Å². The topological polar surface area (TPSA) is 102 Å². The van der Waals surface area contributed by atoms with E-state index in [1.807, 2.05) is 31.2 Å². The van der Waals surface area contributed by atoms with Crippen LogP contribution in [0, 0.1) is 6.92 Å².